The Bertz CT molecular complexity index is 602. The minimum absolute atomic E-state index is 0.131. The van der Waals surface area contributed by atoms with Crippen LogP contribution in [0.3, 0.4) is 0 Å². The molecule has 1 amide bonds. The van der Waals surface area contributed by atoms with Crippen LogP contribution < -0.4 is 15.8 Å². The monoisotopic (exact) mass is 348 g/mol. The first-order valence-electron chi connectivity index (χ1n) is 6.68. The Balaban J connectivity index is 1.71. The van der Waals surface area contributed by atoms with E-state index in [2.05, 4.69) is 21.2 Å². The van der Waals surface area contributed by atoms with E-state index in [-0.39, 0.29) is 5.91 Å². The molecule has 0 fully saturated rings. The number of ether oxygens (including phenoxy) is 1. The van der Waals surface area contributed by atoms with Gasteiger partial charge < -0.3 is 15.8 Å². The Morgan fingerprint density at radius 1 is 1.19 bits per heavy atom. The minimum Gasteiger partial charge on any atom is -0.494 e. The van der Waals surface area contributed by atoms with Crippen LogP contribution in [0.4, 0.5) is 5.69 Å². The molecule has 110 valence electrons. The lowest BCUT2D eigenvalue weighted by Crippen LogP contribution is -2.25. The fourth-order valence-electron chi connectivity index (χ4n) is 1.77. The minimum atomic E-state index is -0.131. The van der Waals surface area contributed by atoms with Gasteiger partial charge in [0.15, 0.2) is 0 Å². The van der Waals surface area contributed by atoms with Crippen molar-refractivity contribution in [3.05, 3.63) is 58.6 Å². The van der Waals surface area contributed by atoms with Gasteiger partial charge in [-0.3, -0.25) is 4.79 Å². The van der Waals surface area contributed by atoms with Gasteiger partial charge >= 0.3 is 0 Å². The van der Waals surface area contributed by atoms with Crippen molar-refractivity contribution < 1.29 is 9.53 Å². The summed E-state index contributed by atoms with van der Waals surface area (Å²) in [6, 6.07) is 14.8. The normalized spacial score (nSPS) is 10.1. The third-order valence-corrected chi connectivity index (χ3v) is 3.60. The second kappa shape index (κ2) is 7.69. The number of rotatable bonds is 6. The maximum atomic E-state index is 11.9. The molecule has 4 nitrogen and oxygen atoms in total. The predicted molar refractivity (Wildman–Crippen MR) is 87.4 cm³/mol. The molecule has 0 radical (unpaired) electrons. The number of hydrogen-bond donors (Lipinski definition) is 2. The van der Waals surface area contributed by atoms with Crippen LogP contribution in [0.25, 0.3) is 0 Å². The molecule has 0 aromatic heterocycles. The first-order chi connectivity index (χ1) is 10.2. The molecular formula is C16H17BrN2O2. The number of hydrogen-bond acceptors (Lipinski definition) is 3. The van der Waals surface area contributed by atoms with Gasteiger partial charge in [0.1, 0.15) is 5.75 Å². The van der Waals surface area contributed by atoms with Crippen LogP contribution in [-0.2, 0) is 0 Å². The van der Waals surface area contributed by atoms with Gasteiger partial charge in [-0.25, -0.2) is 0 Å². The Morgan fingerprint density at radius 3 is 2.67 bits per heavy atom. The average Bonchev–Trinajstić information content (AvgIpc) is 2.50. The van der Waals surface area contributed by atoms with Crippen molar-refractivity contribution in [1.82, 2.24) is 5.32 Å². The number of carbonyl (C=O) groups excluding carboxylic acids is 1. The van der Waals surface area contributed by atoms with E-state index in [9.17, 15) is 4.79 Å². The van der Waals surface area contributed by atoms with Crippen LogP contribution in [0.15, 0.2) is 53.0 Å². The van der Waals surface area contributed by atoms with E-state index in [0.29, 0.717) is 24.4 Å². The molecule has 0 heterocycles. The van der Waals surface area contributed by atoms with E-state index in [1.165, 1.54) is 0 Å². The van der Waals surface area contributed by atoms with Crippen LogP contribution in [0, 0.1) is 0 Å². The molecule has 0 saturated carbocycles. The first-order valence-corrected chi connectivity index (χ1v) is 7.47. The molecule has 0 aliphatic rings. The van der Waals surface area contributed by atoms with Gasteiger partial charge in [0, 0.05) is 22.3 Å². The van der Waals surface area contributed by atoms with E-state index in [4.69, 9.17) is 10.5 Å². The van der Waals surface area contributed by atoms with Crippen molar-refractivity contribution in [2.24, 2.45) is 0 Å². The van der Waals surface area contributed by atoms with Gasteiger partial charge in [0.05, 0.1) is 6.61 Å². The van der Waals surface area contributed by atoms with Crippen molar-refractivity contribution in [2.75, 3.05) is 18.9 Å². The molecule has 21 heavy (non-hydrogen) atoms. The number of nitrogen functional groups attached to an aromatic ring is 1. The van der Waals surface area contributed by atoms with Gasteiger partial charge in [0.25, 0.3) is 5.91 Å². The van der Waals surface area contributed by atoms with Crippen LogP contribution in [-0.4, -0.2) is 19.1 Å². The van der Waals surface area contributed by atoms with Crippen LogP contribution >= 0.6 is 15.9 Å². The van der Waals surface area contributed by atoms with Crippen LogP contribution in [0.2, 0.25) is 0 Å². The zero-order valence-electron chi connectivity index (χ0n) is 11.5. The van der Waals surface area contributed by atoms with Crippen LogP contribution in [0.5, 0.6) is 5.75 Å². The topological polar surface area (TPSA) is 64.4 Å². The second-order valence-electron chi connectivity index (χ2n) is 4.51. The van der Waals surface area contributed by atoms with Gasteiger partial charge in [-0.05, 0) is 52.7 Å². The molecule has 5 heteroatoms. The van der Waals surface area contributed by atoms with E-state index >= 15 is 0 Å². The number of para-hydroxylation sites is 1. The largest absolute Gasteiger partial charge is 0.494 e. The van der Waals surface area contributed by atoms with Gasteiger partial charge in [-0.15, -0.1) is 0 Å². The third kappa shape index (κ3) is 4.79. The molecule has 2 aromatic rings. The van der Waals surface area contributed by atoms with Crippen molar-refractivity contribution in [3.8, 4) is 5.75 Å². The number of halogens is 1. The number of nitrogens with one attached hydrogen (secondary N) is 1. The summed E-state index contributed by atoms with van der Waals surface area (Å²) in [5.41, 5.74) is 6.86. The second-order valence-corrected chi connectivity index (χ2v) is 5.36. The van der Waals surface area contributed by atoms with Gasteiger partial charge in [-0.1, -0.05) is 18.2 Å². The molecule has 0 atom stereocenters. The standard InChI is InChI=1S/C16H17BrN2O2/c17-14-8-7-12(11-15(14)18)16(20)19-9-4-10-21-13-5-2-1-3-6-13/h1-3,5-8,11H,4,9-10,18H2,(H,19,20). The Kier molecular flexibility index (Phi) is 5.63. The zero-order valence-corrected chi connectivity index (χ0v) is 13.1. The molecule has 0 aliphatic heterocycles. The Labute approximate surface area is 132 Å². The lowest BCUT2D eigenvalue weighted by Gasteiger charge is -2.08. The highest BCUT2D eigenvalue weighted by Gasteiger charge is 2.06. The van der Waals surface area contributed by atoms with Crippen molar-refractivity contribution in [1.29, 1.82) is 0 Å². The van der Waals surface area contributed by atoms with E-state index in [0.717, 1.165) is 16.6 Å². The Morgan fingerprint density at radius 2 is 1.95 bits per heavy atom. The first kappa shape index (κ1) is 15.4. The lowest BCUT2D eigenvalue weighted by atomic mass is 10.2. The summed E-state index contributed by atoms with van der Waals surface area (Å²) in [5, 5.41) is 2.84. The summed E-state index contributed by atoms with van der Waals surface area (Å²) in [6.45, 7) is 1.12. The van der Waals surface area contributed by atoms with Crippen molar-refractivity contribution in [3.63, 3.8) is 0 Å². The van der Waals surface area contributed by atoms with E-state index < -0.39 is 0 Å². The fraction of sp³-hybridized carbons (Fsp3) is 0.188. The summed E-state index contributed by atoms with van der Waals surface area (Å²) in [6.07, 6.45) is 0.743. The summed E-state index contributed by atoms with van der Waals surface area (Å²) in [4.78, 5) is 11.9. The highest BCUT2D eigenvalue weighted by Crippen LogP contribution is 2.20. The van der Waals surface area contributed by atoms with E-state index in [1.807, 2.05) is 30.3 Å². The fourth-order valence-corrected chi connectivity index (χ4v) is 2.01. The summed E-state index contributed by atoms with van der Waals surface area (Å²) in [5.74, 6) is 0.707. The maximum absolute atomic E-state index is 11.9. The van der Waals surface area contributed by atoms with Crippen LogP contribution in [0.1, 0.15) is 16.8 Å². The molecule has 0 bridgehead atoms. The number of carbonyl (C=O) groups is 1. The van der Waals surface area contributed by atoms with Gasteiger partial charge in [-0.2, -0.15) is 0 Å². The lowest BCUT2D eigenvalue weighted by molar-refractivity contribution is 0.0951. The summed E-state index contributed by atoms with van der Waals surface area (Å²) < 4.78 is 6.34. The van der Waals surface area contributed by atoms with Gasteiger partial charge in [0.2, 0.25) is 0 Å². The number of benzene rings is 2. The average molecular weight is 349 g/mol. The molecule has 2 aromatic carbocycles. The predicted octanol–water partition coefficient (Wildman–Crippen LogP) is 3.23. The van der Waals surface area contributed by atoms with Crippen molar-refractivity contribution >= 4 is 27.5 Å². The highest BCUT2D eigenvalue weighted by molar-refractivity contribution is 9.10. The third-order valence-electron chi connectivity index (χ3n) is 2.88. The smallest absolute Gasteiger partial charge is 0.251 e. The number of anilines is 1. The molecule has 0 saturated heterocycles. The highest BCUT2D eigenvalue weighted by atomic mass is 79.9. The summed E-state index contributed by atoms with van der Waals surface area (Å²) in [7, 11) is 0. The summed E-state index contributed by atoms with van der Waals surface area (Å²) >= 11 is 3.30. The molecule has 2 rings (SSSR count). The molecule has 0 aliphatic carbocycles. The Hall–Kier alpha value is -2.01. The molecule has 0 unspecified atom stereocenters. The quantitative estimate of drug-likeness (QED) is 0.622. The zero-order chi connectivity index (χ0) is 15.1. The number of nitrogens with two attached hydrogens (primary N) is 1. The molecular weight excluding hydrogens is 332 g/mol. The van der Waals surface area contributed by atoms with Crippen molar-refractivity contribution in [2.45, 2.75) is 6.42 Å². The molecule has 0 spiro atoms. The molecule has 3 N–H and O–H groups in total. The number of amides is 1. The van der Waals surface area contributed by atoms with E-state index in [1.54, 1.807) is 18.2 Å². The SMILES string of the molecule is Nc1cc(C(=O)NCCCOc2ccccc2)ccc1Br. The maximum Gasteiger partial charge on any atom is 0.251 e.